The Kier molecular flexibility index (Phi) is 4.51. The quantitative estimate of drug-likeness (QED) is 0.527. The second-order valence-corrected chi connectivity index (χ2v) is 4.75. The minimum absolute atomic E-state index is 0.227. The number of anilines is 3. The summed E-state index contributed by atoms with van der Waals surface area (Å²) >= 11 is 0. The lowest BCUT2D eigenvalue weighted by Crippen LogP contribution is -2.35. The van der Waals surface area contributed by atoms with Crippen LogP contribution in [0.15, 0.2) is 6.07 Å². The minimum atomic E-state index is 0.227. The second-order valence-electron chi connectivity index (χ2n) is 4.75. The van der Waals surface area contributed by atoms with E-state index in [-0.39, 0.29) is 5.95 Å². The van der Waals surface area contributed by atoms with Gasteiger partial charge in [0.1, 0.15) is 11.6 Å². The van der Waals surface area contributed by atoms with Crippen molar-refractivity contribution < 1.29 is 0 Å². The Balaban J connectivity index is 3.04. The third-order valence-electron chi connectivity index (χ3n) is 2.36. The molecule has 0 spiro atoms. The van der Waals surface area contributed by atoms with Crippen molar-refractivity contribution in [3.63, 3.8) is 0 Å². The average Bonchev–Trinajstić information content (AvgIpc) is 2.24. The van der Waals surface area contributed by atoms with E-state index in [1.54, 1.807) is 6.07 Å². The first-order valence-electron chi connectivity index (χ1n) is 5.81. The predicted molar refractivity (Wildman–Crippen MR) is 71.6 cm³/mol. The first-order chi connectivity index (χ1) is 7.93. The second kappa shape index (κ2) is 5.67. The molecular weight excluding hydrogens is 216 g/mol. The van der Waals surface area contributed by atoms with E-state index in [1.165, 1.54) is 0 Å². The molecule has 0 fully saturated rings. The molecule has 0 saturated carbocycles. The Hall–Kier alpha value is -1.56. The van der Waals surface area contributed by atoms with Crippen molar-refractivity contribution in [2.75, 3.05) is 22.6 Å². The average molecular weight is 238 g/mol. The lowest BCUT2D eigenvalue weighted by Gasteiger charge is -2.29. The number of nitrogens with two attached hydrogens (primary N) is 2. The minimum Gasteiger partial charge on any atom is -0.368 e. The summed E-state index contributed by atoms with van der Waals surface area (Å²) < 4.78 is 0. The molecule has 1 aromatic rings. The van der Waals surface area contributed by atoms with Gasteiger partial charge in [0.05, 0.1) is 0 Å². The maximum absolute atomic E-state index is 5.66. The van der Waals surface area contributed by atoms with Gasteiger partial charge < -0.3 is 16.1 Å². The summed E-state index contributed by atoms with van der Waals surface area (Å²) in [7, 11) is 0. The normalized spacial score (nSPS) is 11.0. The molecule has 6 heteroatoms. The van der Waals surface area contributed by atoms with E-state index in [4.69, 9.17) is 11.6 Å². The zero-order valence-electron chi connectivity index (χ0n) is 10.9. The Morgan fingerprint density at radius 1 is 1.29 bits per heavy atom. The third-order valence-corrected chi connectivity index (χ3v) is 2.36. The zero-order chi connectivity index (χ0) is 13.0. The van der Waals surface area contributed by atoms with Crippen LogP contribution in [-0.2, 0) is 0 Å². The van der Waals surface area contributed by atoms with Crippen LogP contribution >= 0.6 is 0 Å². The summed E-state index contributed by atoms with van der Waals surface area (Å²) in [6.07, 6.45) is 0. The third kappa shape index (κ3) is 3.74. The summed E-state index contributed by atoms with van der Waals surface area (Å²) in [5.74, 6) is 7.45. The van der Waals surface area contributed by atoms with E-state index in [0.29, 0.717) is 17.8 Å². The summed E-state index contributed by atoms with van der Waals surface area (Å²) in [6.45, 7) is 9.49. The highest BCUT2D eigenvalue weighted by Crippen LogP contribution is 2.19. The van der Waals surface area contributed by atoms with Crippen LogP contribution in [0.3, 0.4) is 0 Å². The van der Waals surface area contributed by atoms with Crippen molar-refractivity contribution in [3.05, 3.63) is 6.07 Å². The molecule has 0 aliphatic rings. The van der Waals surface area contributed by atoms with E-state index in [9.17, 15) is 0 Å². The molecule has 0 atom stereocenters. The lowest BCUT2D eigenvalue weighted by atomic mass is 10.2. The summed E-state index contributed by atoms with van der Waals surface area (Å²) in [5.41, 5.74) is 8.16. The van der Waals surface area contributed by atoms with Gasteiger partial charge in [0.2, 0.25) is 5.95 Å². The van der Waals surface area contributed by atoms with Crippen LogP contribution in [0.2, 0.25) is 0 Å². The van der Waals surface area contributed by atoms with Gasteiger partial charge in [-0.2, -0.15) is 9.97 Å². The Morgan fingerprint density at radius 3 is 2.41 bits per heavy atom. The molecule has 0 aliphatic carbocycles. The van der Waals surface area contributed by atoms with Gasteiger partial charge in [-0.05, 0) is 19.8 Å². The van der Waals surface area contributed by atoms with Crippen molar-refractivity contribution in [2.45, 2.75) is 33.7 Å². The molecule has 1 heterocycles. The van der Waals surface area contributed by atoms with Crippen molar-refractivity contribution >= 4 is 17.6 Å². The van der Waals surface area contributed by atoms with Crippen LogP contribution in [0.25, 0.3) is 0 Å². The standard InChI is InChI=1S/C11H22N6/c1-7(2)6-17(8(3)4)10-5-9(16-13)14-11(12)15-10/h5,7-8H,6,13H2,1-4H3,(H3,12,14,15,16). The summed E-state index contributed by atoms with van der Waals surface area (Å²) in [5, 5.41) is 0. The maximum Gasteiger partial charge on any atom is 0.223 e. The predicted octanol–water partition coefficient (Wildman–Crippen LogP) is 1.22. The molecule has 1 rings (SSSR count). The van der Waals surface area contributed by atoms with Crippen molar-refractivity contribution in [1.82, 2.24) is 9.97 Å². The smallest absolute Gasteiger partial charge is 0.223 e. The number of aromatic nitrogens is 2. The van der Waals surface area contributed by atoms with Crippen molar-refractivity contribution in [1.29, 1.82) is 0 Å². The molecule has 6 nitrogen and oxygen atoms in total. The van der Waals surface area contributed by atoms with Crippen molar-refractivity contribution in [2.24, 2.45) is 11.8 Å². The monoisotopic (exact) mass is 238 g/mol. The molecule has 0 bridgehead atoms. The van der Waals surface area contributed by atoms with E-state index in [0.717, 1.165) is 12.4 Å². The van der Waals surface area contributed by atoms with Crippen LogP contribution in [0.1, 0.15) is 27.7 Å². The van der Waals surface area contributed by atoms with Gasteiger partial charge in [0, 0.05) is 18.7 Å². The Morgan fingerprint density at radius 2 is 1.94 bits per heavy atom. The van der Waals surface area contributed by atoms with E-state index >= 15 is 0 Å². The number of nitrogens with one attached hydrogen (secondary N) is 1. The number of hydrogen-bond donors (Lipinski definition) is 3. The zero-order valence-corrected chi connectivity index (χ0v) is 10.9. The van der Waals surface area contributed by atoms with Crippen molar-refractivity contribution in [3.8, 4) is 0 Å². The van der Waals surface area contributed by atoms with E-state index in [2.05, 4.69) is 48.0 Å². The van der Waals surface area contributed by atoms with Gasteiger partial charge in [0.25, 0.3) is 0 Å². The van der Waals surface area contributed by atoms with Gasteiger partial charge >= 0.3 is 0 Å². The summed E-state index contributed by atoms with van der Waals surface area (Å²) in [4.78, 5) is 10.4. The fraction of sp³-hybridized carbons (Fsp3) is 0.636. The number of hydrogen-bond acceptors (Lipinski definition) is 6. The fourth-order valence-corrected chi connectivity index (χ4v) is 1.64. The number of rotatable bonds is 5. The molecular formula is C11H22N6. The molecule has 0 amide bonds. The molecule has 1 aromatic heterocycles. The van der Waals surface area contributed by atoms with Crippen LogP contribution in [0, 0.1) is 5.92 Å². The largest absolute Gasteiger partial charge is 0.368 e. The van der Waals surface area contributed by atoms with Gasteiger partial charge in [-0.15, -0.1) is 0 Å². The fourth-order valence-electron chi connectivity index (χ4n) is 1.64. The molecule has 96 valence electrons. The lowest BCUT2D eigenvalue weighted by molar-refractivity contribution is 0.566. The van der Waals surface area contributed by atoms with E-state index < -0.39 is 0 Å². The van der Waals surface area contributed by atoms with Gasteiger partial charge in [-0.3, -0.25) is 0 Å². The Bertz CT molecular complexity index is 363. The highest BCUT2D eigenvalue weighted by atomic mass is 15.3. The molecule has 0 aromatic carbocycles. The molecule has 17 heavy (non-hydrogen) atoms. The number of nitrogens with zero attached hydrogens (tertiary/aromatic N) is 3. The van der Waals surface area contributed by atoms with Crippen LogP contribution in [0.5, 0.6) is 0 Å². The summed E-state index contributed by atoms with van der Waals surface area (Å²) in [6, 6.07) is 2.15. The SMILES string of the molecule is CC(C)CN(c1cc(NN)nc(N)n1)C(C)C. The van der Waals surface area contributed by atoms with Gasteiger partial charge in [-0.1, -0.05) is 13.8 Å². The highest BCUT2D eigenvalue weighted by Gasteiger charge is 2.15. The van der Waals surface area contributed by atoms with Crippen LogP contribution < -0.4 is 21.9 Å². The van der Waals surface area contributed by atoms with Gasteiger partial charge in [0.15, 0.2) is 0 Å². The first kappa shape index (κ1) is 13.5. The topological polar surface area (TPSA) is 93.1 Å². The molecule has 0 unspecified atom stereocenters. The van der Waals surface area contributed by atoms with Gasteiger partial charge in [-0.25, -0.2) is 5.84 Å². The first-order valence-corrected chi connectivity index (χ1v) is 5.81. The maximum atomic E-state index is 5.66. The highest BCUT2D eigenvalue weighted by molar-refractivity contribution is 5.52. The number of hydrazine groups is 1. The van der Waals surface area contributed by atoms with Crippen LogP contribution in [-0.4, -0.2) is 22.6 Å². The van der Waals surface area contributed by atoms with E-state index in [1.807, 2.05) is 0 Å². The van der Waals surface area contributed by atoms with Crippen LogP contribution in [0.4, 0.5) is 17.6 Å². The molecule has 0 radical (unpaired) electrons. The number of nitrogen functional groups attached to an aromatic ring is 2. The Labute approximate surface area is 102 Å². The molecule has 0 aliphatic heterocycles. The molecule has 5 N–H and O–H groups in total. The molecule has 0 saturated heterocycles.